The van der Waals surface area contributed by atoms with E-state index in [1.54, 1.807) is 42.5 Å². The van der Waals surface area contributed by atoms with Crippen molar-refractivity contribution in [3.63, 3.8) is 0 Å². The first kappa shape index (κ1) is 14.5. The van der Waals surface area contributed by atoms with E-state index in [0.717, 1.165) is 4.47 Å². The number of nitrogens with one attached hydrogen (secondary N) is 2. The van der Waals surface area contributed by atoms with Gasteiger partial charge in [-0.05, 0) is 36.4 Å². The maximum absolute atomic E-state index is 13.2. The summed E-state index contributed by atoms with van der Waals surface area (Å²) in [5, 5.41) is 9.49. The molecule has 2 N–H and O–H groups in total. The fourth-order valence-corrected chi connectivity index (χ4v) is 2.24. The minimum Gasteiger partial charge on any atom is -0.305 e. The van der Waals surface area contributed by atoms with Crippen LogP contribution in [0.2, 0.25) is 0 Å². The molecule has 1 amide bonds. The Morgan fingerprint density at radius 1 is 1.14 bits per heavy atom. The molecule has 110 valence electrons. The van der Waals surface area contributed by atoms with Crippen molar-refractivity contribution >= 4 is 27.7 Å². The zero-order valence-corrected chi connectivity index (χ0v) is 12.9. The third-order valence-electron chi connectivity index (χ3n) is 3.06. The average molecular weight is 360 g/mol. The molecule has 0 atom stereocenters. The largest absolute Gasteiger partial charge is 0.305 e. The number of amides is 1. The molecule has 0 bridgehead atoms. The molecule has 0 saturated carbocycles. The van der Waals surface area contributed by atoms with Crippen molar-refractivity contribution in [1.82, 2.24) is 10.2 Å². The lowest BCUT2D eigenvalue weighted by Gasteiger charge is -2.01. The minimum atomic E-state index is -0.326. The molecule has 0 fully saturated rings. The van der Waals surface area contributed by atoms with E-state index in [2.05, 4.69) is 31.4 Å². The van der Waals surface area contributed by atoms with Crippen LogP contribution in [0.3, 0.4) is 0 Å². The average Bonchev–Trinajstić information content (AvgIpc) is 2.96. The van der Waals surface area contributed by atoms with Crippen molar-refractivity contribution in [3.8, 4) is 11.3 Å². The first-order valence-corrected chi connectivity index (χ1v) is 7.29. The van der Waals surface area contributed by atoms with Gasteiger partial charge in [0, 0.05) is 21.7 Å². The van der Waals surface area contributed by atoms with Crippen LogP contribution >= 0.6 is 15.9 Å². The standard InChI is InChI=1S/C16H11BrFN3O/c17-12-6-4-10(5-7-12)16(22)19-15-9-14(20-21-15)11-2-1-3-13(18)8-11/h1-9H,(H2,19,20,21,22). The lowest BCUT2D eigenvalue weighted by Crippen LogP contribution is -2.11. The number of carbonyl (C=O) groups is 1. The van der Waals surface area contributed by atoms with Crippen molar-refractivity contribution < 1.29 is 9.18 Å². The van der Waals surface area contributed by atoms with Crippen LogP contribution in [0.4, 0.5) is 10.2 Å². The molecule has 0 spiro atoms. The molecule has 22 heavy (non-hydrogen) atoms. The molecule has 0 aliphatic carbocycles. The normalized spacial score (nSPS) is 10.5. The summed E-state index contributed by atoms with van der Waals surface area (Å²) in [5.74, 6) is -0.204. The Morgan fingerprint density at radius 3 is 2.64 bits per heavy atom. The van der Waals surface area contributed by atoms with E-state index in [1.165, 1.54) is 12.1 Å². The van der Waals surface area contributed by atoms with E-state index >= 15 is 0 Å². The summed E-state index contributed by atoms with van der Waals surface area (Å²) in [5.41, 5.74) is 1.82. The third-order valence-corrected chi connectivity index (χ3v) is 3.59. The first-order valence-electron chi connectivity index (χ1n) is 6.50. The SMILES string of the molecule is O=C(Nc1cc(-c2cccc(F)c2)[nH]n1)c1ccc(Br)cc1. The molecule has 0 aliphatic heterocycles. The van der Waals surface area contributed by atoms with Crippen LogP contribution in [0.1, 0.15) is 10.4 Å². The Balaban J connectivity index is 1.77. The van der Waals surface area contributed by atoms with Gasteiger partial charge < -0.3 is 5.32 Å². The fourth-order valence-electron chi connectivity index (χ4n) is 1.98. The Kier molecular flexibility index (Phi) is 4.02. The van der Waals surface area contributed by atoms with E-state index in [-0.39, 0.29) is 11.7 Å². The second kappa shape index (κ2) is 6.11. The molecule has 1 heterocycles. The van der Waals surface area contributed by atoms with Crippen LogP contribution in [0, 0.1) is 5.82 Å². The van der Waals surface area contributed by atoms with E-state index in [9.17, 15) is 9.18 Å². The van der Waals surface area contributed by atoms with Gasteiger partial charge in [0.05, 0.1) is 5.69 Å². The van der Waals surface area contributed by atoms with E-state index < -0.39 is 0 Å². The number of carbonyl (C=O) groups excluding carboxylic acids is 1. The Bertz CT molecular complexity index is 814. The van der Waals surface area contributed by atoms with Crippen LogP contribution in [0.15, 0.2) is 59.1 Å². The number of hydrogen-bond donors (Lipinski definition) is 2. The van der Waals surface area contributed by atoms with Crippen molar-refractivity contribution in [1.29, 1.82) is 0 Å². The summed E-state index contributed by atoms with van der Waals surface area (Å²) >= 11 is 3.32. The fraction of sp³-hybridized carbons (Fsp3) is 0. The van der Waals surface area contributed by atoms with Gasteiger partial charge in [-0.3, -0.25) is 9.89 Å². The highest BCUT2D eigenvalue weighted by Gasteiger charge is 2.09. The monoisotopic (exact) mass is 359 g/mol. The highest BCUT2D eigenvalue weighted by Crippen LogP contribution is 2.21. The van der Waals surface area contributed by atoms with Gasteiger partial charge in [0.1, 0.15) is 5.82 Å². The van der Waals surface area contributed by atoms with Gasteiger partial charge in [0.25, 0.3) is 5.91 Å². The highest BCUT2D eigenvalue weighted by molar-refractivity contribution is 9.10. The Labute approximate surface area is 134 Å². The zero-order chi connectivity index (χ0) is 15.5. The number of H-pyrrole nitrogens is 1. The lowest BCUT2D eigenvalue weighted by molar-refractivity contribution is 0.102. The molecule has 0 aliphatic rings. The topological polar surface area (TPSA) is 57.8 Å². The van der Waals surface area contributed by atoms with E-state index in [1.807, 2.05) is 0 Å². The Hall–Kier alpha value is -2.47. The van der Waals surface area contributed by atoms with Gasteiger partial charge >= 0.3 is 0 Å². The van der Waals surface area contributed by atoms with Crippen molar-refractivity contribution in [3.05, 3.63) is 70.5 Å². The molecular weight excluding hydrogens is 349 g/mol. The summed E-state index contributed by atoms with van der Waals surface area (Å²) in [7, 11) is 0. The van der Waals surface area contributed by atoms with Gasteiger partial charge in [-0.25, -0.2) is 4.39 Å². The maximum atomic E-state index is 13.2. The van der Waals surface area contributed by atoms with Crippen LogP contribution < -0.4 is 5.32 Å². The number of benzene rings is 2. The molecule has 6 heteroatoms. The van der Waals surface area contributed by atoms with Crippen LogP contribution in [-0.2, 0) is 0 Å². The quantitative estimate of drug-likeness (QED) is 0.734. The number of nitrogens with zero attached hydrogens (tertiary/aromatic N) is 1. The third kappa shape index (κ3) is 3.23. The van der Waals surface area contributed by atoms with E-state index in [4.69, 9.17) is 0 Å². The molecular formula is C16H11BrFN3O. The molecule has 0 saturated heterocycles. The number of hydrogen-bond acceptors (Lipinski definition) is 2. The predicted molar refractivity (Wildman–Crippen MR) is 86.1 cm³/mol. The number of aromatic amines is 1. The predicted octanol–water partition coefficient (Wildman–Crippen LogP) is 4.23. The molecule has 4 nitrogen and oxygen atoms in total. The molecule has 1 aromatic heterocycles. The smallest absolute Gasteiger partial charge is 0.256 e. The molecule has 0 radical (unpaired) electrons. The van der Waals surface area contributed by atoms with Gasteiger partial charge in [0.2, 0.25) is 0 Å². The molecule has 0 unspecified atom stereocenters. The Morgan fingerprint density at radius 2 is 1.91 bits per heavy atom. The first-order chi connectivity index (χ1) is 10.6. The molecule has 2 aromatic carbocycles. The summed E-state index contributed by atoms with van der Waals surface area (Å²) in [4.78, 5) is 12.1. The van der Waals surface area contributed by atoms with Crippen molar-refractivity contribution in [2.75, 3.05) is 5.32 Å². The summed E-state index contributed by atoms with van der Waals surface area (Å²) in [6.07, 6.45) is 0. The maximum Gasteiger partial charge on any atom is 0.256 e. The summed E-state index contributed by atoms with van der Waals surface area (Å²) < 4.78 is 14.1. The molecule has 3 rings (SSSR count). The van der Waals surface area contributed by atoms with E-state index in [0.29, 0.717) is 22.6 Å². The number of halogens is 2. The van der Waals surface area contributed by atoms with Crippen molar-refractivity contribution in [2.45, 2.75) is 0 Å². The van der Waals surface area contributed by atoms with Crippen LogP contribution in [0.5, 0.6) is 0 Å². The number of aromatic nitrogens is 2. The summed E-state index contributed by atoms with van der Waals surface area (Å²) in [6.45, 7) is 0. The van der Waals surface area contributed by atoms with Gasteiger partial charge in [-0.1, -0.05) is 28.1 Å². The highest BCUT2D eigenvalue weighted by atomic mass is 79.9. The van der Waals surface area contributed by atoms with Gasteiger partial charge in [-0.15, -0.1) is 0 Å². The number of anilines is 1. The van der Waals surface area contributed by atoms with Gasteiger partial charge in [-0.2, -0.15) is 5.10 Å². The van der Waals surface area contributed by atoms with Crippen molar-refractivity contribution in [2.24, 2.45) is 0 Å². The second-order valence-corrected chi connectivity index (χ2v) is 5.55. The number of rotatable bonds is 3. The van der Waals surface area contributed by atoms with Crippen LogP contribution in [-0.4, -0.2) is 16.1 Å². The van der Waals surface area contributed by atoms with Gasteiger partial charge in [0.15, 0.2) is 5.82 Å². The summed E-state index contributed by atoms with van der Waals surface area (Å²) in [6, 6.07) is 14.8. The lowest BCUT2D eigenvalue weighted by atomic mass is 10.1. The minimum absolute atomic E-state index is 0.259. The molecule has 3 aromatic rings. The second-order valence-electron chi connectivity index (χ2n) is 4.64. The zero-order valence-electron chi connectivity index (χ0n) is 11.3. The van der Waals surface area contributed by atoms with Crippen LogP contribution in [0.25, 0.3) is 11.3 Å².